The average molecular weight is 697 g/mol. The summed E-state index contributed by atoms with van der Waals surface area (Å²) in [5.74, 6) is 1.41. The Kier molecular flexibility index (Phi) is 11.6. The van der Waals surface area contributed by atoms with Gasteiger partial charge in [0.1, 0.15) is 22.5 Å². The number of fused-ring (bicyclic) bond motifs is 3. The molecule has 1 N–H and O–H groups in total. The number of carbonyl (C=O) groups is 2. The van der Waals surface area contributed by atoms with E-state index in [1.54, 1.807) is 23.3 Å². The normalized spacial score (nSPS) is 16.9. The minimum atomic E-state index is -0.481. The van der Waals surface area contributed by atoms with Crippen molar-refractivity contribution in [2.24, 2.45) is 4.99 Å². The van der Waals surface area contributed by atoms with Crippen molar-refractivity contribution < 1.29 is 14.3 Å². The van der Waals surface area contributed by atoms with E-state index < -0.39 is 11.6 Å². The molecule has 0 spiro atoms. The number of ether oxygens (including phenoxy) is 1. The Morgan fingerprint density at radius 3 is 2.31 bits per heavy atom. The molecule has 0 unspecified atom stereocenters. The minimum absolute atomic E-state index is 0.0502. The van der Waals surface area contributed by atoms with Gasteiger partial charge in [-0.1, -0.05) is 23.7 Å². The second-order valence-electron chi connectivity index (χ2n) is 13.8. The minimum Gasteiger partial charge on any atom is -0.444 e. The van der Waals surface area contributed by atoms with Crippen LogP contribution in [0.25, 0.3) is 5.00 Å². The molecule has 4 heterocycles. The molecule has 5 rings (SSSR count). The topological polar surface area (TPSA) is 108 Å². The molecule has 2 aliphatic heterocycles. The SMILES string of the molecule is Cc1sc2c(c1C)C(c1ccc(Cl)cc1)=N[C@@H](CC(=O)NCCCN1CCN(CCCN(C)C(=O)OC(C)(C)C)CC1)c1nnc(C)n1-2. The van der Waals surface area contributed by atoms with Crippen LogP contribution in [0.2, 0.25) is 5.02 Å². The van der Waals surface area contributed by atoms with Crippen molar-refractivity contribution in [3.05, 3.63) is 62.5 Å². The number of nitrogens with zero attached hydrogens (tertiary/aromatic N) is 7. The van der Waals surface area contributed by atoms with Gasteiger partial charge in [-0.2, -0.15) is 0 Å². The lowest BCUT2D eigenvalue weighted by Crippen LogP contribution is -2.47. The van der Waals surface area contributed by atoms with E-state index in [9.17, 15) is 9.59 Å². The number of aromatic nitrogens is 3. The summed E-state index contributed by atoms with van der Waals surface area (Å²) in [7, 11) is 1.79. The van der Waals surface area contributed by atoms with E-state index in [1.807, 2.05) is 52.0 Å². The molecule has 1 aromatic carbocycles. The van der Waals surface area contributed by atoms with E-state index in [1.165, 1.54) is 10.4 Å². The zero-order valence-electron chi connectivity index (χ0n) is 29.3. The monoisotopic (exact) mass is 696 g/mol. The van der Waals surface area contributed by atoms with Crippen LogP contribution in [-0.2, 0) is 9.53 Å². The van der Waals surface area contributed by atoms with E-state index in [2.05, 4.69) is 43.7 Å². The Labute approximate surface area is 293 Å². The second-order valence-corrected chi connectivity index (χ2v) is 15.4. The summed E-state index contributed by atoms with van der Waals surface area (Å²) < 4.78 is 7.51. The Morgan fingerprint density at radius 2 is 1.67 bits per heavy atom. The van der Waals surface area contributed by atoms with Gasteiger partial charge in [-0.15, -0.1) is 21.5 Å². The summed E-state index contributed by atoms with van der Waals surface area (Å²) in [6, 6.07) is 7.24. The Hall–Kier alpha value is -3.32. The highest BCUT2D eigenvalue weighted by atomic mass is 35.5. The first-order valence-corrected chi connectivity index (χ1v) is 18.0. The first kappa shape index (κ1) is 36.0. The highest BCUT2D eigenvalue weighted by Gasteiger charge is 2.32. The second kappa shape index (κ2) is 15.5. The summed E-state index contributed by atoms with van der Waals surface area (Å²) in [4.78, 5) is 38.5. The molecule has 1 atom stereocenters. The van der Waals surface area contributed by atoms with E-state index in [0.29, 0.717) is 23.9 Å². The summed E-state index contributed by atoms with van der Waals surface area (Å²) in [5, 5.41) is 13.7. The van der Waals surface area contributed by atoms with Gasteiger partial charge in [-0.05, 0) is 85.2 Å². The molecular formula is C35H49ClN8O3S. The van der Waals surface area contributed by atoms with Gasteiger partial charge in [0.05, 0.1) is 12.1 Å². The molecule has 0 saturated carbocycles. The van der Waals surface area contributed by atoms with Crippen LogP contribution in [0.15, 0.2) is 29.3 Å². The van der Waals surface area contributed by atoms with Crippen molar-refractivity contribution in [3.8, 4) is 5.00 Å². The maximum Gasteiger partial charge on any atom is 0.410 e. The van der Waals surface area contributed by atoms with Crippen molar-refractivity contribution >= 4 is 40.6 Å². The fourth-order valence-corrected chi connectivity index (χ4v) is 7.45. The van der Waals surface area contributed by atoms with Crippen LogP contribution in [0.4, 0.5) is 4.79 Å². The van der Waals surface area contributed by atoms with Gasteiger partial charge in [0.25, 0.3) is 0 Å². The van der Waals surface area contributed by atoms with Crippen LogP contribution in [-0.4, -0.2) is 112 Å². The third-order valence-electron chi connectivity index (χ3n) is 8.85. The van der Waals surface area contributed by atoms with E-state index in [0.717, 1.165) is 79.8 Å². The van der Waals surface area contributed by atoms with Crippen molar-refractivity contribution in [2.75, 3.05) is 59.4 Å². The lowest BCUT2D eigenvalue weighted by atomic mass is 9.99. The Morgan fingerprint density at radius 1 is 1.02 bits per heavy atom. The predicted molar refractivity (Wildman–Crippen MR) is 192 cm³/mol. The third-order valence-corrected chi connectivity index (χ3v) is 10.3. The van der Waals surface area contributed by atoms with Crippen molar-refractivity contribution in [1.29, 1.82) is 0 Å². The van der Waals surface area contributed by atoms with E-state index >= 15 is 0 Å². The number of rotatable bonds is 11. The van der Waals surface area contributed by atoms with Crippen LogP contribution < -0.4 is 5.32 Å². The van der Waals surface area contributed by atoms with E-state index in [-0.39, 0.29) is 18.4 Å². The maximum atomic E-state index is 13.3. The fraction of sp³-hybridized carbons (Fsp3) is 0.571. The first-order chi connectivity index (χ1) is 22.8. The zero-order valence-corrected chi connectivity index (χ0v) is 30.9. The molecule has 260 valence electrons. The molecule has 0 radical (unpaired) electrons. The Balaban J connectivity index is 1.11. The van der Waals surface area contributed by atoms with Gasteiger partial charge in [-0.25, -0.2) is 4.79 Å². The van der Waals surface area contributed by atoms with Gasteiger partial charge in [0.2, 0.25) is 5.91 Å². The quantitative estimate of drug-likeness (QED) is 0.261. The molecule has 11 nitrogen and oxygen atoms in total. The molecule has 2 aliphatic rings. The van der Waals surface area contributed by atoms with Crippen LogP contribution in [0.3, 0.4) is 0 Å². The molecule has 0 aliphatic carbocycles. The largest absolute Gasteiger partial charge is 0.444 e. The van der Waals surface area contributed by atoms with Crippen LogP contribution in [0.1, 0.15) is 79.3 Å². The molecule has 0 bridgehead atoms. The number of benzene rings is 1. The number of hydrogen-bond donors (Lipinski definition) is 1. The average Bonchev–Trinajstić information content (AvgIpc) is 3.51. The van der Waals surface area contributed by atoms with Gasteiger partial charge in [0.15, 0.2) is 5.82 Å². The summed E-state index contributed by atoms with van der Waals surface area (Å²) in [6.45, 7) is 19.0. The molecule has 48 heavy (non-hydrogen) atoms. The molecule has 2 aromatic heterocycles. The molecule has 2 amide bonds. The highest BCUT2D eigenvalue weighted by molar-refractivity contribution is 7.15. The number of carbonyl (C=O) groups excluding carboxylic acids is 2. The molecular weight excluding hydrogens is 648 g/mol. The number of amides is 2. The van der Waals surface area contributed by atoms with Gasteiger partial charge in [-0.3, -0.25) is 14.4 Å². The smallest absolute Gasteiger partial charge is 0.410 e. The summed E-state index contributed by atoms with van der Waals surface area (Å²) in [5.41, 5.74) is 3.54. The maximum absolute atomic E-state index is 13.3. The van der Waals surface area contributed by atoms with Gasteiger partial charge < -0.3 is 24.8 Å². The number of aliphatic imine (C=N–C) groups is 1. The summed E-state index contributed by atoms with van der Waals surface area (Å²) >= 11 is 7.93. The zero-order chi connectivity index (χ0) is 34.6. The van der Waals surface area contributed by atoms with Crippen LogP contribution >= 0.6 is 22.9 Å². The fourth-order valence-electron chi connectivity index (χ4n) is 6.11. The standard InChI is InChI=1S/C35H49ClN8O3S/c1-23-24(2)48-33-30(23)31(26-10-12-27(36)13-11-26)38-28(32-40-39-25(3)44(32)33)22-29(45)37-14-8-16-42-18-20-43(21-19-42)17-9-15-41(7)34(46)47-35(4,5)6/h10-13,28H,8-9,14-22H2,1-7H3,(H,37,45)/t28-/m0/s1. The Bertz CT molecular complexity index is 1620. The number of hydrogen-bond acceptors (Lipinski definition) is 9. The lowest BCUT2D eigenvalue weighted by molar-refractivity contribution is -0.121. The number of thiophene rings is 1. The molecule has 1 saturated heterocycles. The van der Waals surface area contributed by atoms with Crippen molar-refractivity contribution in [2.45, 2.75) is 72.4 Å². The predicted octanol–water partition coefficient (Wildman–Crippen LogP) is 5.57. The highest BCUT2D eigenvalue weighted by Crippen LogP contribution is 2.39. The van der Waals surface area contributed by atoms with Crippen molar-refractivity contribution in [3.63, 3.8) is 0 Å². The first-order valence-electron chi connectivity index (χ1n) is 16.8. The molecule has 1 fully saturated rings. The lowest BCUT2D eigenvalue weighted by Gasteiger charge is -2.35. The number of nitrogens with one attached hydrogen (secondary N) is 1. The van der Waals surface area contributed by atoms with Crippen molar-refractivity contribution in [1.82, 2.24) is 34.8 Å². The molecule has 13 heteroatoms. The number of halogens is 1. The van der Waals surface area contributed by atoms with Gasteiger partial charge in [0, 0.05) is 67.3 Å². The number of aryl methyl sites for hydroxylation is 2. The van der Waals surface area contributed by atoms with Gasteiger partial charge >= 0.3 is 6.09 Å². The van der Waals surface area contributed by atoms with Crippen LogP contribution in [0.5, 0.6) is 0 Å². The third kappa shape index (κ3) is 8.82. The summed E-state index contributed by atoms with van der Waals surface area (Å²) in [6.07, 6.45) is 1.70. The van der Waals surface area contributed by atoms with E-state index in [4.69, 9.17) is 21.3 Å². The van der Waals surface area contributed by atoms with Crippen LogP contribution in [0, 0.1) is 20.8 Å². The molecule has 3 aromatic rings. The number of piperazine rings is 1.